The van der Waals surface area contributed by atoms with Gasteiger partial charge in [-0.2, -0.15) is 0 Å². The molecule has 2 aliphatic rings. The van der Waals surface area contributed by atoms with Crippen LogP contribution in [0.3, 0.4) is 0 Å². The van der Waals surface area contributed by atoms with Crippen LogP contribution in [0.4, 0.5) is 5.69 Å². The second-order valence-electron chi connectivity index (χ2n) is 6.90. The monoisotopic (exact) mass is 354 g/mol. The van der Waals surface area contributed by atoms with Crippen molar-refractivity contribution in [3.05, 3.63) is 52.2 Å². The van der Waals surface area contributed by atoms with Gasteiger partial charge in [-0.3, -0.25) is 9.59 Å². The molecule has 1 aromatic carbocycles. The zero-order valence-corrected chi connectivity index (χ0v) is 15.2. The largest absolute Gasteiger partial charge is 0.342 e. The first-order valence-corrected chi connectivity index (χ1v) is 9.74. The lowest BCUT2D eigenvalue weighted by molar-refractivity contribution is -0.135. The molecule has 0 radical (unpaired) electrons. The van der Waals surface area contributed by atoms with E-state index in [9.17, 15) is 9.59 Å². The molecule has 0 spiro atoms. The first kappa shape index (κ1) is 16.3. The maximum atomic E-state index is 13.1. The Bertz CT molecular complexity index is 764. The number of likely N-dealkylation sites (tertiary alicyclic amines) is 1. The van der Waals surface area contributed by atoms with E-state index < -0.39 is 0 Å². The van der Waals surface area contributed by atoms with E-state index in [4.69, 9.17) is 0 Å². The fourth-order valence-electron chi connectivity index (χ4n) is 3.92. The van der Waals surface area contributed by atoms with Gasteiger partial charge in [-0.05, 0) is 43.3 Å². The zero-order chi connectivity index (χ0) is 17.4. The molecule has 0 saturated carbocycles. The molecule has 130 valence electrons. The number of carbonyl (C=O) groups excluding carboxylic acids is 2. The second kappa shape index (κ2) is 6.64. The van der Waals surface area contributed by atoms with Gasteiger partial charge in [0, 0.05) is 30.1 Å². The summed E-state index contributed by atoms with van der Waals surface area (Å²) in [6.45, 7) is 3.68. The third-order valence-electron chi connectivity index (χ3n) is 5.20. The highest BCUT2D eigenvalue weighted by Gasteiger charge is 2.47. The van der Waals surface area contributed by atoms with E-state index in [2.05, 4.69) is 0 Å². The van der Waals surface area contributed by atoms with Crippen LogP contribution in [0, 0.1) is 12.8 Å². The van der Waals surface area contributed by atoms with Crippen LogP contribution in [-0.4, -0.2) is 29.8 Å². The van der Waals surface area contributed by atoms with Crippen LogP contribution in [0.5, 0.6) is 0 Å². The van der Waals surface area contributed by atoms with Crippen molar-refractivity contribution in [1.82, 2.24) is 4.90 Å². The number of carbonyl (C=O) groups is 2. The minimum atomic E-state index is -0.287. The topological polar surface area (TPSA) is 40.6 Å². The molecule has 0 bridgehead atoms. The molecule has 0 aliphatic carbocycles. The van der Waals surface area contributed by atoms with Crippen molar-refractivity contribution in [2.75, 3.05) is 18.0 Å². The quantitative estimate of drug-likeness (QED) is 0.842. The third-order valence-corrected chi connectivity index (χ3v) is 6.15. The van der Waals surface area contributed by atoms with Crippen molar-refractivity contribution in [3.63, 3.8) is 0 Å². The summed E-state index contributed by atoms with van der Waals surface area (Å²) in [5.41, 5.74) is 2.04. The number of rotatable bonds is 3. The normalized spacial score (nSPS) is 23.5. The van der Waals surface area contributed by atoms with Gasteiger partial charge in [0.05, 0.1) is 12.0 Å². The van der Waals surface area contributed by atoms with Crippen LogP contribution in [0.2, 0.25) is 0 Å². The Morgan fingerprint density at radius 2 is 1.84 bits per heavy atom. The second-order valence-corrected chi connectivity index (χ2v) is 7.88. The molecule has 25 heavy (non-hydrogen) atoms. The zero-order valence-electron chi connectivity index (χ0n) is 14.4. The van der Waals surface area contributed by atoms with Crippen molar-refractivity contribution in [2.45, 2.75) is 32.2 Å². The molecule has 2 saturated heterocycles. The van der Waals surface area contributed by atoms with E-state index in [-0.39, 0.29) is 23.8 Å². The highest BCUT2D eigenvalue weighted by Crippen LogP contribution is 2.44. The maximum Gasteiger partial charge on any atom is 0.228 e. The summed E-state index contributed by atoms with van der Waals surface area (Å²) in [5, 5.41) is 2.02. The van der Waals surface area contributed by atoms with Gasteiger partial charge in [-0.1, -0.05) is 23.8 Å². The Labute approximate surface area is 152 Å². The average molecular weight is 354 g/mol. The van der Waals surface area contributed by atoms with E-state index in [0.29, 0.717) is 6.42 Å². The van der Waals surface area contributed by atoms with E-state index in [1.807, 2.05) is 58.5 Å². The minimum absolute atomic E-state index is 0.0415. The Morgan fingerprint density at radius 3 is 2.48 bits per heavy atom. The summed E-state index contributed by atoms with van der Waals surface area (Å²) >= 11 is 1.62. The van der Waals surface area contributed by atoms with E-state index in [1.165, 1.54) is 0 Å². The first-order valence-electron chi connectivity index (χ1n) is 8.86. The van der Waals surface area contributed by atoms with Crippen LogP contribution in [0.1, 0.15) is 35.7 Å². The smallest absolute Gasteiger partial charge is 0.228 e. The van der Waals surface area contributed by atoms with Crippen LogP contribution < -0.4 is 4.90 Å². The molecule has 4 nitrogen and oxygen atoms in total. The number of hydrogen-bond donors (Lipinski definition) is 0. The van der Waals surface area contributed by atoms with Crippen LogP contribution in [0.15, 0.2) is 41.8 Å². The van der Waals surface area contributed by atoms with Gasteiger partial charge in [0.2, 0.25) is 11.8 Å². The molecule has 2 aromatic rings. The molecule has 2 amide bonds. The van der Waals surface area contributed by atoms with Gasteiger partial charge >= 0.3 is 0 Å². The SMILES string of the molecule is Cc1ccc(N2C(=O)CC(C(=O)N3CCCC3)C2c2cccs2)cc1. The molecule has 5 heteroatoms. The summed E-state index contributed by atoms with van der Waals surface area (Å²) in [6.07, 6.45) is 2.43. The molecule has 1 aromatic heterocycles. The first-order chi connectivity index (χ1) is 12.1. The predicted octanol–water partition coefficient (Wildman–Crippen LogP) is 3.77. The van der Waals surface area contributed by atoms with Crippen molar-refractivity contribution in [1.29, 1.82) is 0 Å². The molecule has 2 fully saturated rings. The number of hydrogen-bond acceptors (Lipinski definition) is 3. The average Bonchev–Trinajstić information content (AvgIpc) is 3.35. The van der Waals surface area contributed by atoms with Crippen molar-refractivity contribution < 1.29 is 9.59 Å². The lowest BCUT2D eigenvalue weighted by Crippen LogP contribution is -2.37. The van der Waals surface area contributed by atoms with Gasteiger partial charge in [0.15, 0.2) is 0 Å². The molecular weight excluding hydrogens is 332 g/mol. The fraction of sp³-hybridized carbons (Fsp3) is 0.400. The lowest BCUT2D eigenvalue weighted by Gasteiger charge is -2.29. The molecule has 2 aliphatic heterocycles. The molecular formula is C20H22N2O2S. The summed E-state index contributed by atoms with van der Waals surface area (Å²) in [6, 6.07) is 11.8. The van der Waals surface area contributed by atoms with Crippen molar-refractivity contribution >= 4 is 28.8 Å². The summed E-state index contributed by atoms with van der Waals surface area (Å²) in [5.74, 6) is -0.107. The molecule has 2 unspecified atom stereocenters. The molecule has 0 N–H and O–H groups in total. The number of aryl methyl sites for hydroxylation is 1. The highest BCUT2D eigenvalue weighted by atomic mass is 32.1. The van der Waals surface area contributed by atoms with Crippen LogP contribution >= 0.6 is 11.3 Å². The molecule has 4 rings (SSSR count). The minimum Gasteiger partial charge on any atom is -0.342 e. The summed E-state index contributed by atoms with van der Waals surface area (Å²) in [4.78, 5) is 30.8. The van der Waals surface area contributed by atoms with Crippen LogP contribution in [-0.2, 0) is 9.59 Å². The van der Waals surface area contributed by atoms with Crippen LogP contribution in [0.25, 0.3) is 0 Å². The third kappa shape index (κ3) is 2.97. The number of benzene rings is 1. The number of anilines is 1. The van der Waals surface area contributed by atoms with E-state index in [0.717, 1.165) is 42.1 Å². The van der Waals surface area contributed by atoms with Gasteiger partial charge in [0.25, 0.3) is 0 Å². The number of nitrogens with zero attached hydrogens (tertiary/aromatic N) is 2. The van der Waals surface area contributed by atoms with Gasteiger partial charge in [-0.15, -0.1) is 11.3 Å². The number of thiophene rings is 1. The van der Waals surface area contributed by atoms with Gasteiger partial charge < -0.3 is 9.80 Å². The number of amides is 2. The Morgan fingerprint density at radius 1 is 1.12 bits per heavy atom. The van der Waals surface area contributed by atoms with E-state index in [1.54, 1.807) is 11.3 Å². The Balaban J connectivity index is 1.71. The highest BCUT2D eigenvalue weighted by molar-refractivity contribution is 7.10. The summed E-state index contributed by atoms with van der Waals surface area (Å²) in [7, 11) is 0. The van der Waals surface area contributed by atoms with Crippen molar-refractivity contribution in [3.8, 4) is 0 Å². The fourth-order valence-corrected chi connectivity index (χ4v) is 4.80. The predicted molar refractivity (Wildman–Crippen MR) is 99.6 cm³/mol. The van der Waals surface area contributed by atoms with Crippen molar-refractivity contribution in [2.24, 2.45) is 5.92 Å². The standard InChI is InChI=1S/C20H22N2O2S/c1-14-6-8-15(9-7-14)22-18(23)13-16(19(22)17-5-4-12-25-17)20(24)21-10-2-3-11-21/h4-9,12,16,19H,2-3,10-11,13H2,1H3. The lowest BCUT2D eigenvalue weighted by atomic mass is 9.97. The van der Waals surface area contributed by atoms with Gasteiger partial charge in [0.1, 0.15) is 0 Å². The Kier molecular flexibility index (Phi) is 4.34. The maximum absolute atomic E-state index is 13.1. The van der Waals surface area contributed by atoms with Gasteiger partial charge in [-0.25, -0.2) is 0 Å². The molecule has 3 heterocycles. The van der Waals surface area contributed by atoms with E-state index >= 15 is 0 Å². The molecule has 2 atom stereocenters. The summed E-state index contributed by atoms with van der Waals surface area (Å²) < 4.78 is 0. The Hall–Kier alpha value is -2.14.